The Morgan fingerprint density at radius 3 is 1.64 bits per heavy atom. The molecule has 0 amide bonds. The van der Waals surface area contributed by atoms with Crippen molar-refractivity contribution in [1.29, 1.82) is 0 Å². The van der Waals surface area contributed by atoms with Crippen LogP contribution in [0.2, 0.25) is 0 Å². The van der Waals surface area contributed by atoms with Gasteiger partial charge in [-0.15, -0.1) is 0 Å². The minimum absolute atomic E-state index is 0.623. The van der Waals surface area contributed by atoms with Crippen molar-refractivity contribution in [2.75, 3.05) is 10.6 Å². The van der Waals surface area contributed by atoms with E-state index >= 15 is 0 Å². The molecule has 1 aliphatic carbocycles. The Labute approximate surface area is 196 Å². The summed E-state index contributed by atoms with van der Waals surface area (Å²) >= 11 is 0. The number of allylic oxidation sites excluding steroid dienone is 3. The van der Waals surface area contributed by atoms with Gasteiger partial charge < -0.3 is 10.6 Å². The molecule has 5 rings (SSSR count). The zero-order chi connectivity index (χ0) is 22.5. The molecule has 0 spiro atoms. The van der Waals surface area contributed by atoms with Crippen LogP contribution in [0.4, 0.5) is 17.1 Å². The number of rotatable bonds is 6. The zero-order valence-electron chi connectivity index (χ0n) is 18.8. The minimum Gasteiger partial charge on any atom is -0.356 e. The Kier molecular flexibility index (Phi) is 6.08. The molecule has 4 aromatic rings. The molecule has 1 unspecified atom stereocenters. The molecule has 2 heteroatoms. The number of hydrogen-bond donors (Lipinski definition) is 2. The lowest BCUT2D eigenvalue weighted by Crippen LogP contribution is -2.02. The van der Waals surface area contributed by atoms with Crippen LogP contribution in [-0.4, -0.2) is 0 Å². The molecule has 162 valence electrons. The van der Waals surface area contributed by atoms with E-state index in [-0.39, 0.29) is 0 Å². The second-order valence-corrected chi connectivity index (χ2v) is 8.55. The highest BCUT2D eigenvalue weighted by molar-refractivity contribution is 5.84. The molecule has 33 heavy (non-hydrogen) atoms. The normalized spacial score (nSPS) is 15.1. The highest BCUT2D eigenvalue weighted by Gasteiger charge is 2.08. The highest BCUT2D eigenvalue weighted by Crippen LogP contribution is 2.33. The van der Waals surface area contributed by atoms with Crippen molar-refractivity contribution in [3.63, 3.8) is 0 Å². The fraction of sp³-hybridized carbons (Fsp3) is 0.0968. The summed E-state index contributed by atoms with van der Waals surface area (Å²) < 4.78 is 0. The predicted molar refractivity (Wildman–Crippen MR) is 142 cm³/mol. The first kappa shape index (κ1) is 20.8. The van der Waals surface area contributed by atoms with Gasteiger partial charge in [-0.25, -0.2) is 0 Å². The third kappa shape index (κ3) is 5.07. The standard InChI is InChI=1S/C31H28N2/c1-23-11-17-27(18-12-23)33-29-21-15-25(16-22-29)31-10-6-5-9-30(31)24-13-19-28(20-14-24)32-26-7-3-2-4-8-26/h2-11,13-23,32-33H,12H2,1H3. The van der Waals surface area contributed by atoms with Crippen LogP contribution in [0.25, 0.3) is 22.3 Å². The summed E-state index contributed by atoms with van der Waals surface area (Å²) in [5, 5.41) is 6.97. The van der Waals surface area contributed by atoms with Crippen LogP contribution < -0.4 is 10.6 Å². The molecular weight excluding hydrogens is 400 g/mol. The van der Waals surface area contributed by atoms with Gasteiger partial charge in [-0.2, -0.15) is 0 Å². The van der Waals surface area contributed by atoms with E-state index in [1.165, 1.54) is 28.0 Å². The number of hydrogen-bond acceptors (Lipinski definition) is 2. The largest absolute Gasteiger partial charge is 0.356 e. The second kappa shape index (κ2) is 9.62. The number of para-hydroxylation sites is 1. The van der Waals surface area contributed by atoms with Crippen LogP contribution in [-0.2, 0) is 0 Å². The van der Waals surface area contributed by atoms with Gasteiger partial charge >= 0.3 is 0 Å². The van der Waals surface area contributed by atoms with E-state index < -0.39 is 0 Å². The lowest BCUT2D eigenvalue weighted by atomic mass is 9.94. The monoisotopic (exact) mass is 428 g/mol. The van der Waals surface area contributed by atoms with Gasteiger partial charge in [0.1, 0.15) is 0 Å². The van der Waals surface area contributed by atoms with Crippen molar-refractivity contribution >= 4 is 17.1 Å². The maximum Gasteiger partial charge on any atom is 0.0384 e. The Bertz CT molecular complexity index is 1270. The molecule has 2 nitrogen and oxygen atoms in total. The van der Waals surface area contributed by atoms with Crippen LogP contribution in [0.15, 0.2) is 127 Å². The van der Waals surface area contributed by atoms with Crippen molar-refractivity contribution in [1.82, 2.24) is 0 Å². The highest BCUT2D eigenvalue weighted by atomic mass is 14.9. The maximum atomic E-state index is 3.52. The van der Waals surface area contributed by atoms with Crippen molar-refractivity contribution in [2.45, 2.75) is 13.3 Å². The van der Waals surface area contributed by atoms with Gasteiger partial charge in [0.15, 0.2) is 0 Å². The number of benzene rings is 4. The summed E-state index contributed by atoms with van der Waals surface area (Å²) in [6, 6.07) is 36.2. The molecule has 1 atom stereocenters. The SMILES string of the molecule is CC1C=CC(Nc2ccc(-c3ccccc3-c3ccc(Nc4ccccc4)cc3)cc2)=CC1. The molecule has 0 aliphatic heterocycles. The summed E-state index contributed by atoms with van der Waals surface area (Å²) in [5.74, 6) is 0.623. The van der Waals surface area contributed by atoms with Crippen LogP contribution in [0.3, 0.4) is 0 Å². The van der Waals surface area contributed by atoms with E-state index in [4.69, 9.17) is 0 Å². The van der Waals surface area contributed by atoms with Gasteiger partial charge in [0.05, 0.1) is 0 Å². The Morgan fingerprint density at radius 2 is 1.09 bits per heavy atom. The first-order valence-corrected chi connectivity index (χ1v) is 11.5. The quantitative estimate of drug-likeness (QED) is 0.321. The Balaban J connectivity index is 1.35. The summed E-state index contributed by atoms with van der Waals surface area (Å²) in [6.07, 6.45) is 7.79. The van der Waals surface area contributed by atoms with Crippen LogP contribution in [0, 0.1) is 5.92 Å². The Morgan fingerprint density at radius 1 is 0.576 bits per heavy atom. The molecule has 0 heterocycles. The average Bonchev–Trinajstić information content (AvgIpc) is 2.87. The average molecular weight is 429 g/mol. The molecule has 0 fully saturated rings. The van der Waals surface area contributed by atoms with E-state index in [0.717, 1.165) is 23.5 Å². The van der Waals surface area contributed by atoms with Gasteiger partial charge in [-0.05, 0) is 77.1 Å². The van der Waals surface area contributed by atoms with Gasteiger partial charge in [0, 0.05) is 22.8 Å². The molecule has 2 N–H and O–H groups in total. The molecule has 0 saturated heterocycles. The molecule has 4 aromatic carbocycles. The number of nitrogens with one attached hydrogen (secondary N) is 2. The topological polar surface area (TPSA) is 24.1 Å². The fourth-order valence-electron chi connectivity index (χ4n) is 4.13. The second-order valence-electron chi connectivity index (χ2n) is 8.55. The van der Waals surface area contributed by atoms with E-state index in [1.807, 2.05) is 18.2 Å². The van der Waals surface area contributed by atoms with E-state index in [1.54, 1.807) is 0 Å². The molecule has 0 saturated carbocycles. The molecular formula is C31H28N2. The van der Waals surface area contributed by atoms with Gasteiger partial charge in [0.25, 0.3) is 0 Å². The molecule has 1 aliphatic rings. The fourth-order valence-corrected chi connectivity index (χ4v) is 4.13. The van der Waals surface area contributed by atoms with Crippen LogP contribution in [0.5, 0.6) is 0 Å². The van der Waals surface area contributed by atoms with Crippen molar-refractivity contribution in [3.8, 4) is 22.3 Å². The van der Waals surface area contributed by atoms with Crippen LogP contribution >= 0.6 is 0 Å². The first-order valence-electron chi connectivity index (χ1n) is 11.5. The van der Waals surface area contributed by atoms with Gasteiger partial charge in [-0.3, -0.25) is 0 Å². The number of anilines is 3. The van der Waals surface area contributed by atoms with E-state index in [2.05, 4.69) is 121 Å². The molecule has 0 radical (unpaired) electrons. The van der Waals surface area contributed by atoms with Gasteiger partial charge in [-0.1, -0.05) is 85.8 Å². The third-order valence-electron chi connectivity index (χ3n) is 5.98. The summed E-state index contributed by atoms with van der Waals surface area (Å²) in [5.41, 5.74) is 9.34. The van der Waals surface area contributed by atoms with E-state index in [9.17, 15) is 0 Å². The summed E-state index contributed by atoms with van der Waals surface area (Å²) in [6.45, 7) is 2.24. The summed E-state index contributed by atoms with van der Waals surface area (Å²) in [4.78, 5) is 0. The van der Waals surface area contributed by atoms with Crippen molar-refractivity contribution in [3.05, 3.63) is 127 Å². The van der Waals surface area contributed by atoms with Crippen molar-refractivity contribution < 1.29 is 0 Å². The third-order valence-corrected chi connectivity index (χ3v) is 5.98. The smallest absolute Gasteiger partial charge is 0.0384 e. The van der Waals surface area contributed by atoms with Crippen LogP contribution in [0.1, 0.15) is 13.3 Å². The van der Waals surface area contributed by atoms with Gasteiger partial charge in [0.2, 0.25) is 0 Å². The summed E-state index contributed by atoms with van der Waals surface area (Å²) in [7, 11) is 0. The van der Waals surface area contributed by atoms with E-state index in [0.29, 0.717) is 5.92 Å². The lowest BCUT2D eigenvalue weighted by molar-refractivity contribution is 0.731. The Hall–Kier alpha value is -4.04. The maximum absolute atomic E-state index is 3.52. The molecule has 0 bridgehead atoms. The van der Waals surface area contributed by atoms with Crippen molar-refractivity contribution in [2.24, 2.45) is 5.92 Å². The minimum atomic E-state index is 0.623. The predicted octanol–water partition coefficient (Wildman–Crippen LogP) is 8.66. The molecule has 0 aromatic heterocycles. The zero-order valence-corrected chi connectivity index (χ0v) is 18.8. The lowest BCUT2D eigenvalue weighted by Gasteiger charge is -2.15. The first-order chi connectivity index (χ1) is 16.2.